The predicted molar refractivity (Wildman–Crippen MR) is 79.3 cm³/mol. The largest absolute Gasteiger partial charge is 0.472 e. The van der Waals surface area contributed by atoms with Crippen LogP contribution in [0.1, 0.15) is 36.0 Å². The summed E-state index contributed by atoms with van der Waals surface area (Å²) in [6.07, 6.45) is 6.66. The van der Waals surface area contributed by atoms with E-state index in [0.717, 1.165) is 19.4 Å². The molecule has 0 unspecified atom stereocenters. The quantitative estimate of drug-likeness (QED) is 0.913. The van der Waals surface area contributed by atoms with Crippen molar-refractivity contribution in [1.29, 1.82) is 0 Å². The molecule has 2 aliphatic rings. The lowest BCUT2D eigenvalue weighted by atomic mass is 9.95. The molecule has 2 aliphatic heterocycles. The monoisotopic (exact) mass is 306 g/mol. The Bertz CT molecular complexity index is 500. The number of rotatable bonds is 4. The molecule has 0 saturated carbocycles. The van der Waals surface area contributed by atoms with Crippen LogP contribution in [0.15, 0.2) is 23.0 Å². The molecule has 2 saturated heterocycles. The van der Waals surface area contributed by atoms with Crippen LogP contribution in [0, 0.1) is 5.92 Å². The van der Waals surface area contributed by atoms with Gasteiger partial charge in [0.25, 0.3) is 5.91 Å². The average Bonchev–Trinajstić information content (AvgIpc) is 3.25. The maximum Gasteiger partial charge on any atom is 0.257 e. The van der Waals surface area contributed by atoms with E-state index in [1.807, 2.05) is 0 Å². The van der Waals surface area contributed by atoms with Crippen LogP contribution in [0.2, 0.25) is 0 Å². The van der Waals surface area contributed by atoms with E-state index >= 15 is 0 Å². The topological polar surface area (TPSA) is 71.8 Å². The molecule has 120 valence electrons. The van der Waals surface area contributed by atoms with Crippen molar-refractivity contribution < 1.29 is 18.7 Å². The number of hydrogen-bond donors (Lipinski definition) is 1. The van der Waals surface area contributed by atoms with Gasteiger partial charge in [-0.3, -0.25) is 9.59 Å². The fourth-order valence-electron chi connectivity index (χ4n) is 3.08. The van der Waals surface area contributed by atoms with Crippen molar-refractivity contribution in [3.05, 3.63) is 24.2 Å². The fraction of sp³-hybridized carbons (Fsp3) is 0.625. The highest BCUT2D eigenvalue weighted by Crippen LogP contribution is 2.20. The zero-order valence-electron chi connectivity index (χ0n) is 12.6. The molecule has 6 heteroatoms. The van der Waals surface area contributed by atoms with E-state index in [9.17, 15) is 9.59 Å². The third-order valence-electron chi connectivity index (χ3n) is 4.45. The highest BCUT2D eigenvalue weighted by atomic mass is 16.5. The fourth-order valence-corrected chi connectivity index (χ4v) is 3.08. The van der Waals surface area contributed by atoms with Crippen LogP contribution in [0.25, 0.3) is 0 Å². The lowest BCUT2D eigenvalue weighted by Gasteiger charge is -2.31. The Labute approximate surface area is 129 Å². The lowest BCUT2D eigenvalue weighted by Crippen LogP contribution is -2.44. The summed E-state index contributed by atoms with van der Waals surface area (Å²) in [5.74, 6) is 0.0627. The van der Waals surface area contributed by atoms with Crippen molar-refractivity contribution in [2.24, 2.45) is 5.92 Å². The lowest BCUT2D eigenvalue weighted by molar-refractivity contribution is -0.126. The second kappa shape index (κ2) is 6.96. The molecule has 22 heavy (non-hydrogen) atoms. The Balaban J connectivity index is 1.42. The summed E-state index contributed by atoms with van der Waals surface area (Å²) < 4.78 is 10.4. The van der Waals surface area contributed by atoms with Gasteiger partial charge in [0.1, 0.15) is 6.26 Å². The van der Waals surface area contributed by atoms with Crippen molar-refractivity contribution in [3.8, 4) is 0 Å². The summed E-state index contributed by atoms with van der Waals surface area (Å²) in [5.41, 5.74) is 0.571. The summed E-state index contributed by atoms with van der Waals surface area (Å²) in [6.45, 7) is 2.63. The van der Waals surface area contributed by atoms with Crippen LogP contribution >= 0.6 is 0 Å². The normalized spacial score (nSPS) is 22.7. The van der Waals surface area contributed by atoms with Gasteiger partial charge in [0.05, 0.1) is 17.9 Å². The first-order valence-electron chi connectivity index (χ1n) is 7.95. The molecule has 0 bridgehead atoms. The molecule has 3 heterocycles. The minimum absolute atomic E-state index is 0.00481. The number of ether oxygens (including phenoxy) is 1. The number of piperidine rings is 1. The molecule has 0 radical (unpaired) electrons. The van der Waals surface area contributed by atoms with Crippen molar-refractivity contribution in [1.82, 2.24) is 10.2 Å². The van der Waals surface area contributed by atoms with Crippen LogP contribution in [0.5, 0.6) is 0 Å². The Morgan fingerprint density at radius 3 is 2.73 bits per heavy atom. The number of hydrogen-bond acceptors (Lipinski definition) is 4. The molecule has 1 N–H and O–H groups in total. The van der Waals surface area contributed by atoms with Crippen LogP contribution in [-0.2, 0) is 9.53 Å². The average molecular weight is 306 g/mol. The smallest absolute Gasteiger partial charge is 0.257 e. The molecule has 0 aromatic carbocycles. The Morgan fingerprint density at radius 1 is 1.27 bits per heavy atom. The standard InChI is InChI=1S/C16H22N2O4/c19-15(17-10-14-2-1-8-22-14)12-3-6-18(7-4-12)16(20)13-5-9-21-11-13/h5,9,11-12,14H,1-4,6-8,10H2,(H,17,19)/t14-/m0/s1. The summed E-state index contributed by atoms with van der Waals surface area (Å²) in [7, 11) is 0. The molecule has 2 amide bonds. The number of amides is 2. The van der Waals surface area contributed by atoms with Gasteiger partial charge in [-0.25, -0.2) is 0 Å². The van der Waals surface area contributed by atoms with Gasteiger partial charge in [-0.2, -0.15) is 0 Å². The number of likely N-dealkylation sites (tertiary alicyclic amines) is 1. The van der Waals surface area contributed by atoms with Crippen LogP contribution in [0.4, 0.5) is 0 Å². The molecule has 1 aromatic heterocycles. The van der Waals surface area contributed by atoms with Gasteiger partial charge in [0.2, 0.25) is 5.91 Å². The molecule has 2 fully saturated rings. The number of carbonyl (C=O) groups is 2. The second-order valence-electron chi connectivity index (χ2n) is 5.96. The number of nitrogens with one attached hydrogen (secondary N) is 1. The van der Waals surface area contributed by atoms with Gasteiger partial charge in [0, 0.05) is 32.2 Å². The predicted octanol–water partition coefficient (Wildman–Crippen LogP) is 1.43. The van der Waals surface area contributed by atoms with Crippen molar-refractivity contribution >= 4 is 11.8 Å². The van der Waals surface area contributed by atoms with Crippen LogP contribution in [-0.4, -0.2) is 49.1 Å². The van der Waals surface area contributed by atoms with E-state index in [1.54, 1.807) is 11.0 Å². The van der Waals surface area contributed by atoms with Crippen molar-refractivity contribution in [3.63, 3.8) is 0 Å². The Morgan fingerprint density at radius 2 is 2.09 bits per heavy atom. The molecule has 1 aromatic rings. The second-order valence-corrected chi connectivity index (χ2v) is 5.96. The van der Waals surface area contributed by atoms with Crippen LogP contribution < -0.4 is 5.32 Å². The van der Waals surface area contributed by atoms with E-state index < -0.39 is 0 Å². The first kappa shape index (κ1) is 15.1. The van der Waals surface area contributed by atoms with E-state index in [-0.39, 0.29) is 23.8 Å². The zero-order chi connectivity index (χ0) is 15.4. The minimum atomic E-state index is -0.0213. The van der Waals surface area contributed by atoms with Crippen LogP contribution in [0.3, 0.4) is 0 Å². The molecule has 0 aliphatic carbocycles. The maximum atomic E-state index is 12.2. The van der Waals surface area contributed by atoms with E-state index in [4.69, 9.17) is 9.15 Å². The van der Waals surface area contributed by atoms with E-state index in [2.05, 4.69) is 5.32 Å². The molecule has 3 rings (SSSR count). The molecular weight excluding hydrogens is 284 g/mol. The van der Waals surface area contributed by atoms with Gasteiger partial charge in [-0.15, -0.1) is 0 Å². The summed E-state index contributed by atoms with van der Waals surface area (Å²) in [5, 5.41) is 2.98. The van der Waals surface area contributed by atoms with E-state index in [1.165, 1.54) is 12.5 Å². The maximum absolute atomic E-state index is 12.2. The number of nitrogens with zero attached hydrogens (tertiary/aromatic N) is 1. The van der Waals surface area contributed by atoms with Crippen molar-refractivity contribution in [2.75, 3.05) is 26.2 Å². The Kier molecular flexibility index (Phi) is 4.77. The third-order valence-corrected chi connectivity index (χ3v) is 4.45. The zero-order valence-corrected chi connectivity index (χ0v) is 12.6. The van der Waals surface area contributed by atoms with E-state index in [0.29, 0.717) is 38.0 Å². The third kappa shape index (κ3) is 3.50. The molecule has 0 spiro atoms. The summed E-state index contributed by atoms with van der Waals surface area (Å²) in [4.78, 5) is 26.1. The highest BCUT2D eigenvalue weighted by Gasteiger charge is 2.28. The van der Waals surface area contributed by atoms with Gasteiger partial charge < -0.3 is 19.4 Å². The summed E-state index contributed by atoms with van der Waals surface area (Å²) >= 11 is 0. The minimum Gasteiger partial charge on any atom is -0.472 e. The van der Waals surface area contributed by atoms with Gasteiger partial charge in [0.15, 0.2) is 0 Å². The SMILES string of the molecule is O=C(NC[C@@H]1CCCO1)C1CCN(C(=O)c2ccoc2)CC1. The molecule has 1 atom stereocenters. The first-order chi connectivity index (χ1) is 10.7. The molecular formula is C16H22N2O4. The number of carbonyl (C=O) groups excluding carboxylic acids is 2. The number of furan rings is 1. The Hall–Kier alpha value is -1.82. The van der Waals surface area contributed by atoms with Gasteiger partial charge in [-0.05, 0) is 31.7 Å². The molecule has 6 nitrogen and oxygen atoms in total. The van der Waals surface area contributed by atoms with Gasteiger partial charge in [-0.1, -0.05) is 0 Å². The summed E-state index contributed by atoms with van der Waals surface area (Å²) in [6, 6.07) is 1.67. The van der Waals surface area contributed by atoms with Gasteiger partial charge >= 0.3 is 0 Å². The van der Waals surface area contributed by atoms with Crippen molar-refractivity contribution in [2.45, 2.75) is 31.8 Å². The first-order valence-corrected chi connectivity index (χ1v) is 7.95. The highest BCUT2D eigenvalue weighted by molar-refractivity contribution is 5.94.